The zero-order chi connectivity index (χ0) is 12.0. The molecule has 4 nitrogen and oxygen atoms in total. The van der Waals surface area contributed by atoms with Gasteiger partial charge < -0.3 is 15.5 Å². The van der Waals surface area contributed by atoms with Gasteiger partial charge in [-0.3, -0.25) is 4.79 Å². The molecule has 0 bridgehead atoms. The first-order chi connectivity index (χ1) is 7.63. The Balaban J connectivity index is 2.25. The van der Waals surface area contributed by atoms with Crippen LogP contribution in [0.3, 0.4) is 0 Å². The van der Waals surface area contributed by atoms with Gasteiger partial charge in [0.1, 0.15) is 5.76 Å². The quantitative estimate of drug-likeness (QED) is 0.765. The third kappa shape index (κ3) is 4.06. The molecule has 0 saturated carbocycles. The van der Waals surface area contributed by atoms with Crippen molar-refractivity contribution in [2.24, 2.45) is 11.7 Å². The van der Waals surface area contributed by atoms with Crippen molar-refractivity contribution in [2.75, 3.05) is 6.54 Å². The molecule has 0 saturated heterocycles. The van der Waals surface area contributed by atoms with Gasteiger partial charge in [0.25, 0.3) is 0 Å². The van der Waals surface area contributed by atoms with E-state index in [1.54, 1.807) is 6.26 Å². The topological polar surface area (TPSA) is 68.3 Å². The third-order valence-electron chi connectivity index (χ3n) is 2.59. The van der Waals surface area contributed by atoms with E-state index in [0.29, 0.717) is 6.54 Å². The summed E-state index contributed by atoms with van der Waals surface area (Å²) in [5.41, 5.74) is 5.42. The van der Waals surface area contributed by atoms with E-state index in [9.17, 15) is 4.79 Å². The van der Waals surface area contributed by atoms with Crippen molar-refractivity contribution in [2.45, 2.75) is 32.7 Å². The second-order valence-electron chi connectivity index (χ2n) is 4.16. The highest BCUT2D eigenvalue weighted by molar-refractivity contribution is 5.78. The molecular formula is C12H20N2O2. The van der Waals surface area contributed by atoms with Crippen LogP contribution in [0.1, 0.15) is 26.0 Å². The highest BCUT2D eigenvalue weighted by atomic mass is 16.3. The van der Waals surface area contributed by atoms with Crippen molar-refractivity contribution < 1.29 is 9.21 Å². The Morgan fingerprint density at radius 2 is 2.31 bits per heavy atom. The summed E-state index contributed by atoms with van der Waals surface area (Å²) in [6.07, 6.45) is 3.37. The van der Waals surface area contributed by atoms with Crippen LogP contribution in [0.5, 0.6) is 0 Å². The minimum absolute atomic E-state index is 0.0226. The molecular weight excluding hydrogens is 204 g/mol. The molecule has 4 heteroatoms. The Morgan fingerprint density at radius 1 is 1.56 bits per heavy atom. The van der Waals surface area contributed by atoms with Crippen molar-refractivity contribution in [3.63, 3.8) is 0 Å². The van der Waals surface area contributed by atoms with Crippen LogP contribution < -0.4 is 11.1 Å². The van der Waals surface area contributed by atoms with Gasteiger partial charge in [0, 0.05) is 24.9 Å². The van der Waals surface area contributed by atoms with Gasteiger partial charge in [-0.05, 0) is 25.5 Å². The molecule has 0 aliphatic rings. The van der Waals surface area contributed by atoms with Crippen LogP contribution in [0.15, 0.2) is 22.8 Å². The predicted molar refractivity (Wildman–Crippen MR) is 62.9 cm³/mol. The van der Waals surface area contributed by atoms with E-state index in [-0.39, 0.29) is 17.9 Å². The Labute approximate surface area is 96.2 Å². The third-order valence-corrected chi connectivity index (χ3v) is 2.59. The molecule has 0 radical (unpaired) electrons. The lowest BCUT2D eigenvalue weighted by Gasteiger charge is -2.16. The van der Waals surface area contributed by atoms with Crippen LogP contribution in [0.25, 0.3) is 0 Å². The summed E-state index contributed by atoms with van der Waals surface area (Å²) in [6.45, 7) is 4.20. The Morgan fingerprint density at radius 3 is 2.88 bits per heavy atom. The van der Waals surface area contributed by atoms with Crippen molar-refractivity contribution in [3.05, 3.63) is 24.2 Å². The molecule has 2 atom stereocenters. The number of hydrogen-bond acceptors (Lipinski definition) is 3. The molecule has 3 N–H and O–H groups in total. The van der Waals surface area contributed by atoms with Crippen molar-refractivity contribution in [3.8, 4) is 0 Å². The summed E-state index contributed by atoms with van der Waals surface area (Å²) in [5.74, 6) is 0.855. The number of nitrogens with one attached hydrogen (secondary N) is 1. The van der Waals surface area contributed by atoms with Gasteiger partial charge in [-0.25, -0.2) is 0 Å². The minimum atomic E-state index is -0.119. The molecule has 1 rings (SSSR count). The van der Waals surface area contributed by atoms with Crippen molar-refractivity contribution >= 4 is 5.91 Å². The molecule has 2 unspecified atom stereocenters. The molecule has 0 aliphatic heterocycles. The minimum Gasteiger partial charge on any atom is -0.469 e. The van der Waals surface area contributed by atoms with E-state index in [0.717, 1.165) is 18.6 Å². The number of aryl methyl sites for hydroxylation is 1. The molecule has 1 heterocycles. The maximum atomic E-state index is 11.5. The average Bonchev–Trinajstić information content (AvgIpc) is 2.78. The molecule has 1 amide bonds. The smallest absolute Gasteiger partial charge is 0.224 e. The second kappa shape index (κ2) is 6.33. The lowest BCUT2D eigenvalue weighted by Crippen LogP contribution is -2.39. The number of amides is 1. The summed E-state index contributed by atoms with van der Waals surface area (Å²) in [7, 11) is 0. The number of carbonyl (C=O) groups is 1. The summed E-state index contributed by atoms with van der Waals surface area (Å²) < 4.78 is 5.22. The number of carbonyl (C=O) groups excluding carboxylic acids is 1. The summed E-state index contributed by atoms with van der Waals surface area (Å²) >= 11 is 0. The van der Waals surface area contributed by atoms with Gasteiger partial charge in [-0.1, -0.05) is 6.92 Å². The lowest BCUT2D eigenvalue weighted by molar-refractivity contribution is -0.124. The predicted octanol–water partition coefficient (Wildman–Crippen LogP) is 1.31. The SMILES string of the molecule is CC(CCc1ccco1)NC(=O)C(C)CN. The van der Waals surface area contributed by atoms with Gasteiger partial charge in [0.15, 0.2) is 0 Å². The molecule has 0 aromatic carbocycles. The van der Waals surface area contributed by atoms with Crippen LogP contribution in [-0.4, -0.2) is 18.5 Å². The first-order valence-corrected chi connectivity index (χ1v) is 5.66. The maximum absolute atomic E-state index is 11.5. The number of rotatable bonds is 6. The fraction of sp³-hybridized carbons (Fsp3) is 0.583. The molecule has 16 heavy (non-hydrogen) atoms. The molecule has 0 fully saturated rings. The highest BCUT2D eigenvalue weighted by Gasteiger charge is 2.13. The fourth-order valence-corrected chi connectivity index (χ4v) is 1.38. The number of hydrogen-bond donors (Lipinski definition) is 2. The van der Waals surface area contributed by atoms with E-state index in [2.05, 4.69) is 5.32 Å². The van der Waals surface area contributed by atoms with Gasteiger partial charge >= 0.3 is 0 Å². The molecule has 1 aromatic rings. The zero-order valence-electron chi connectivity index (χ0n) is 9.90. The van der Waals surface area contributed by atoms with E-state index < -0.39 is 0 Å². The number of furan rings is 1. The van der Waals surface area contributed by atoms with Gasteiger partial charge in [0.05, 0.1) is 6.26 Å². The van der Waals surface area contributed by atoms with Gasteiger partial charge in [-0.2, -0.15) is 0 Å². The molecule has 90 valence electrons. The van der Waals surface area contributed by atoms with E-state index >= 15 is 0 Å². The molecule has 0 spiro atoms. The van der Waals surface area contributed by atoms with Crippen LogP contribution in [0.4, 0.5) is 0 Å². The van der Waals surface area contributed by atoms with Crippen molar-refractivity contribution in [1.82, 2.24) is 5.32 Å². The Hall–Kier alpha value is -1.29. The Kier molecular flexibility index (Phi) is 5.05. The van der Waals surface area contributed by atoms with Crippen LogP contribution in [-0.2, 0) is 11.2 Å². The number of nitrogens with two attached hydrogens (primary N) is 1. The van der Waals surface area contributed by atoms with Crippen molar-refractivity contribution in [1.29, 1.82) is 0 Å². The monoisotopic (exact) mass is 224 g/mol. The van der Waals surface area contributed by atoms with E-state index in [1.807, 2.05) is 26.0 Å². The van der Waals surface area contributed by atoms with E-state index in [1.165, 1.54) is 0 Å². The lowest BCUT2D eigenvalue weighted by atomic mass is 10.1. The summed E-state index contributed by atoms with van der Waals surface area (Å²) in [6, 6.07) is 3.96. The standard InChI is InChI=1S/C12H20N2O2/c1-9(8-13)12(15)14-10(2)5-6-11-4-3-7-16-11/h3-4,7,9-10H,5-6,8,13H2,1-2H3,(H,14,15). The zero-order valence-corrected chi connectivity index (χ0v) is 9.90. The van der Waals surface area contributed by atoms with E-state index in [4.69, 9.17) is 10.2 Å². The maximum Gasteiger partial charge on any atom is 0.224 e. The Bertz CT molecular complexity index is 309. The first-order valence-electron chi connectivity index (χ1n) is 5.66. The summed E-state index contributed by atoms with van der Waals surface area (Å²) in [5, 5.41) is 2.93. The highest BCUT2D eigenvalue weighted by Crippen LogP contribution is 2.06. The van der Waals surface area contributed by atoms with Crippen LogP contribution in [0, 0.1) is 5.92 Å². The average molecular weight is 224 g/mol. The summed E-state index contributed by atoms with van der Waals surface area (Å²) in [4.78, 5) is 11.5. The van der Waals surface area contributed by atoms with Gasteiger partial charge in [-0.15, -0.1) is 0 Å². The van der Waals surface area contributed by atoms with Gasteiger partial charge in [0.2, 0.25) is 5.91 Å². The first kappa shape index (κ1) is 12.8. The largest absolute Gasteiger partial charge is 0.469 e. The van der Waals surface area contributed by atoms with Crippen LogP contribution >= 0.6 is 0 Å². The van der Waals surface area contributed by atoms with Crippen LogP contribution in [0.2, 0.25) is 0 Å². The fourth-order valence-electron chi connectivity index (χ4n) is 1.38. The molecule has 0 aliphatic carbocycles. The second-order valence-corrected chi connectivity index (χ2v) is 4.16. The normalized spacial score (nSPS) is 14.4. The molecule has 1 aromatic heterocycles.